The lowest BCUT2D eigenvalue weighted by molar-refractivity contribution is 0.210. The molecule has 0 saturated carbocycles. The van der Waals surface area contributed by atoms with Crippen molar-refractivity contribution in [3.8, 4) is 0 Å². The van der Waals surface area contributed by atoms with Crippen LogP contribution in [0.3, 0.4) is 0 Å². The molecule has 1 rings (SSSR count). The van der Waals surface area contributed by atoms with Crippen LogP contribution in [0.5, 0.6) is 0 Å². The molecule has 0 aliphatic heterocycles. The van der Waals surface area contributed by atoms with Gasteiger partial charge in [-0.05, 0) is 0 Å². The molecule has 0 atom stereocenters. The van der Waals surface area contributed by atoms with Gasteiger partial charge < -0.3 is 5.11 Å². The number of amides is 1. The zero-order valence-corrected chi connectivity index (χ0v) is 6.37. The van der Waals surface area contributed by atoms with Gasteiger partial charge in [0.2, 0.25) is 0 Å². The number of thiophene rings is 1. The van der Waals surface area contributed by atoms with E-state index in [1.54, 1.807) is 10.8 Å². The first kappa shape index (κ1) is 7.37. The summed E-state index contributed by atoms with van der Waals surface area (Å²) in [5.74, 6) is 0. The van der Waals surface area contributed by atoms with Gasteiger partial charge in [-0.25, -0.2) is 4.79 Å². The number of anilines is 1. The molecule has 0 spiro atoms. The van der Waals surface area contributed by atoms with Crippen molar-refractivity contribution in [2.24, 2.45) is 0 Å². The molecule has 1 amide bonds. The van der Waals surface area contributed by atoms with Crippen LogP contribution in [0.25, 0.3) is 0 Å². The lowest BCUT2D eigenvalue weighted by Crippen LogP contribution is -2.06. The molecule has 2 N–H and O–H groups in total. The molecule has 0 bridgehead atoms. The van der Waals surface area contributed by atoms with Crippen molar-refractivity contribution in [2.45, 2.75) is 0 Å². The second-order valence-electron chi connectivity index (χ2n) is 1.56. The third kappa shape index (κ3) is 1.62. The second kappa shape index (κ2) is 2.90. The average molecular weight is 178 g/mol. The Labute approximate surface area is 66.2 Å². The van der Waals surface area contributed by atoms with Crippen molar-refractivity contribution >= 4 is 34.7 Å². The van der Waals surface area contributed by atoms with Crippen LogP contribution >= 0.6 is 22.9 Å². The van der Waals surface area contributed by atoms with Gasteiger partial charge in [0.05, 0.1) is 10.7 Å². The number of rotatable bonds is 1. The summed E-state index contributed by atoms with van der Waals surface area (Å²) in [6.45, 7) is 0. The van der Waals surface area contributed by atoms with Gasteiger partial charge in [-0.3, -0.25) is 5.32 Å². The Bertz CT molecular complexity index is 248. The second-order valence-corrected chi connectivity index (χ2v) is 2.71. The van der Waals surface area contributed by atoms with E-state index < -0.39 is 6.09 Å². The standard InChI is InChI=1S/C5H4ClNO2S/c6-3-1-10-2-4(3)7-5(8)9/h1-2,7H,(H,8,9). The molecule has 3 nitrogen and oxygen atoms in total. The molecule has 1 aromatic rings. The molecule has 0 saturated heterocycles. The van der Waals surface area contributed by atoms with E-state index in [1.165, 1.54) is 11.3 Å². The molecule has 0 fully saturated rings. The van der Waals surface area contributed by atoms with E-state index in [2.05, 4.69) is 5.32 Å². The Balaban J connectivity index is 2.74. The van der Waals surface area contributed by atoms with E-state index in [1.807, 2.05) is 0 Å². The third-order valence-electron chi connectivity index (χ3n) is 0.856. The van der Waals surface area contributed by atoms with Crippen molar-refractivity contribution in [1.82, 2.24) is 0 Å². The van der Waals surface area contributed by atoms with Crippen LogP contribution in [0.2, 0.25) is 5.02 Å². The summed E-state index contributed by atoms with van der Waals surface area (Å²) in [7, 11) is 0. The molecule has 0 unspecified atom stereocenters. The molecular formula is C5H4ClNO2S. The highest BCUT2D eigenvalue weighted by Crippen LogP contribution is 2.25. The molecule has 10 heavy (non-hydrogen) atoms. The first-order chi connectivity index (χ1) is 4.70. The van der Waals surface area contributed by atoms with Crippen molar-refractivity contribution < 1.29 is 9.90 Å². The highest BCUT2D eigenvalue weighted by Gasteiger charge is 2.02. The molecule has 1 heterocycles. The van der Waals surface area contributed by atoms with Gasteiger partial charge in [0.1, 0.15) is 0 Å². The van der Waals surface area contributed by atoms with E-state index in [-0.39, 0.29) is 0 Å². The van der Waals surface area contributed by atoms with E-state index in [4.69, 9.17) is 16.7 Å². The van der Waals surface area contributed by atoms with Gasteiger partial charge in [-0.1, -0.05) is 11.6 Å². The molecule has 0 aliphatic rings. The highest BCUT2D eigenvalue weighted by molar-refractivity contribution is 7.09. The summed E-state index contributed by atoms with van der Waals surface area (Å²) in [6.07, 6.45) is -1.10. The molecule has 1 aromatic heterocycles. The average Bonchev–Trinajstić information content (AvgIpc) is 2.15. The summed E-state index contributed by atoms with van der Waals surface area (Å²) < 4.78 is 0. The SMILES string of the molecule is O=C(O)Nc1cscc1Cl. The quantitative estimate of drug-likeness (QED) is 0.693. The number of hydrogen-bond donors (Lipinski definition) is 2. The Morgan fingerprint density at radius 1 is 1.70 bits per heavy atom. The number of hydrogen-bond acceptors (Lipinski definition) is 2. The summed E-state index contributed by atoms with van der Waals surface area (Å²) in [5, 5.41) is 14.1. The topological polar surface area (TPSA) is 49.3 Å². The maximum absolute atomic E-state index is 10.1. The predicted molar refractivity (Wildman–Crippen MR) is 41.0 cm³/mol. The Morgan fingerprint density at radius 3 is 2.80 bits per heavy atom. The third-order valence-corrected chi connectivity index (χ3v) is 2.04. The first-order valence-corrected chi connectivity index (χ1v) is 3.74. The molecule has 0 aromatic carbocycles. The van der Waals surface area contributed by atoms with Crippen molar-refractivity contribution in [2.75, 3.05) is 5.32 Å². The molecule has 0 radical (unpaired) electrons. The minimum absolute atomic E-state index is 0.437. The number of halogens is 1. The number of carbonyl (C=O) groups is 1. The number of nitrogens with one attached hydrogen (secondary N) is 1. The van der Waals surface area contributed by atoms with Crippen LogP contribution in [0.15, 0.2) is 10.8 Å². The van der Waals surface area contributed by atoms with Crippen LogP contribution in [0, 0.1) is 0 Å². The lowest BCUT2D eigenvalue weighted by atomic mass is 10.5. The predicted octanol–water partition coefficient (Wildman–Crippen LogP) is 2.49. The van der Waals surface area contributed by atoms with Gasteiger partial charge >= 0.3 is 6.09 Å². The zero-order chi connectivity index (χ0) is 7.56. The summed E-state index contributed by atoms with van der Waals surface area (Å²) in [6, 6.07) is 0. The Kier molecular flexibility index (Phi) is 2.13. The van der Waals surface area contributed by atoms with Crippen LogP contribution in [0.1, 0.15) is 0 Å². The molecular weight excluding hydrogens is 174 g/mol. The van der Waals surface area contributed by atoms with Crippen LogP contribution in [-0.4, -0.2) is 11.2 Å². The fraction of sp³-hybridized carbons (Fsp3) is 0. The fourth-order valence-electron chi connectivity index (χ4n) is 0.486. The summed E-state index contributed by atoms with van der Waals surface area (Å²) >= 11 is 6.92. The molecule has 5 heteroatoms. The van der Waals surface area contributed by atoms with Crippen LogP contribution in [0.4, 0.5) is 10.5 Å². The van der Waals surface area contributed by atoms with Crippen molar-refractivity contribution in [3.05, 3.63) is 15.8 Å². The van der Waals surface area contributed by atoms with Gasteiger partial charge in [-0.15, -0.1) is 11.3 Å². The summed E-state index contributed by atoms with van der Waals surface area (Å²) in [5.41, 5.74) is 0.444. The monoisotopic (exact) mass is 177 g/mol. The normalized spacial score (nSPS) is 9.30. The van der Waals surface area contributed by atoms with Gasteiger partial charge in [0.25, 0.3) is 0 Å². The highest BCUT2D eigenvalue weighted by atomic mass is 35.5. The van der Waals surface area contributed by atoms with Crippen molar-refractivity contribution in [1.29, 1.82) is 0 Å². The van der Waals surface area contributed by atoms with Crippen LogP contribution in [-0.2, 0) is 0 Å². The van der Waals surface area contributed by atoms with Gasteiger partial charge in [-0.2, -0.15) is 0 Å². The van der Waals surface area contributed by atoms with Gasteiger partial charge in [0.15, 0.2) is 0 Å². The minimum atomic E-state index is -1.10. The molecule has 0 aliphatic carbocycles. The van der Waals surface area contributed by atoms with E-state index in [9.17, 15) is 4.79 Å². The maximum Gasteiger partial charge on any atom is 0.409 e. The van der Waals surface area contributed by atoms with Crippen molar-refractivity contribution in [3.63, 3.8) is 0 Å². The Morgan fingerprint density at radius 2 is 2.40 bits per heavy atom. The first-order valence-electron chi connectivity index (χ1n) is 2.42. The smallest absolute Gasteiger partial charge is 0.409 e. The van der Waals surface area contributed by atoms with Crippen LogP contribution < -0.4 is 5.32 Å². The number of carboxylic acid groups (broad SMARTS) is 1. The zero-order valence-electron chi connectivity index (χ0n) is 4.80. The molecule has 54 valence electrons. The summed E-state index contributed by atoms with van der Waals surface area (Å²) in [4.78, 5) is 10.1. The Hall–Kier alpha value is -0.740. The largest absolute Gasteiger partial charge is 0.465 e. The fourth-order valence-corrected chi connectivity index (χ4v) is 1.44. The van der Waals surface area contributed by atoms with E-state index in [0.29, 0.717) is 10.7 Å². The van der Waals surface area contributed by atoms with Gasteiger partial charge in [0, 0.05) is 10.8 Å². The van der Waals surface area contributed by atoms with E-state index in [0.717, 1.165) is 0 Å². The lowest BCUT2D eigenvalue weighted by Gasteiger charge is -1.94. The van der Waals surface area contributed by atoms with E-state index >= 15 is 0 Å². The maximum atomic E-state index is 10.1. The minimum Gasteiger partial charge on any atom is -0.465 e.